The predicted molar refractivity (Wildman–Crippen MR) is 151 cm³/mol. The second-order valence-electron chi connectivity index (χ2n) is 12.1. The number of allylic oxidation sites excluding steroid dienone is 4. The lowest BCUT2D eigenvalue weighted by Gasteiger charge is -2.49. The van der Waals surface area contributed by atoms with E-state index in [4.69, 9.17) is 32.7 Å². The molecule has 5 rings (SSSR count). The number of nitrogens with zero attached hydrogens (tertiary/aromatic N) is 1. The fourth-order valence-electron chi connectivity index (χ4n) is 6.35. The van der Waals surface area contributed by atoms with Crippen molar-refractivity contribution in [3.05, 3.63) is 74.5 Å². The molecule has 2 aliphatic carbocycles. The number of para-hydroxylation sites is 1. The summed E-state index contributed by atoms with van der Waals surface area (Å²) >= 11 is 12.8. The van der Waals surface area contributed by atoms with E-state index in [0.717, 1.165) is 22.6 Å². The van der Waals surface area contributed by atoms with Crippen molar-refractivity contribution in [2.45, 2.75) is 59.3 Å². The molecule has 0 fully saturated rings. The third-order valence-electron chi connectivity index (χ3n) is 7.82. The number of hydrogen-bond donors (Lipinski definition) is 0. The normalized spacial score (nSPS) is 20.9. The molecule has 0 unspecified atom stereocenters. The molecule has 3 aliphatic rings. The Balaban J connectivity index is 1.88. The molecule has 0 aromatic heterocycles. The Bertz CT molecular complexity index is 1360. The Kier molecular flexibility index (Phi) is 6.68. The number of methoxy groups -OCH3 is 2. The minimum absolute atomic E-state index is 0.0420. The van der Waals surface area contributed by atoms with E-state index in [2.05, 4.69) is 32.6 Å². The topological polar surface area (TPSA) is 55.8 Å². The maximum atomic E-state index is 14.1. The Hall–Kier alpha value is -2.76. The van der Waals surface area contributed by atoms with Crippen LogP contribution in [0.3, 0.4) is 0 Å². The molecule has 5 nitrogen and oxygen atoms in total. The Morgan fingerprint density at radius 1 is 0.789 bits per heavy atom. The van der Waals surface area contributed by atoms with Gasteiger partial charge >= 0.3 is 0 Å². The third-order valence-corrected chi connectivity index (χ3v) is 8.55. The summed E-state index contributed by atoms with van der Waals surface area (Å²) < 4.78 is 11.4. The maximum absolute atomic E-state index is 14.1. The molecule has 0 radical (unpaired) electrons. The number of carbonyl (C=O) groups is 2. The minimum Gasteiger partial charge on any atom is -0.493 e. The zero-order valence-electron chi connectivity index (χ0n) is 22.7. The monoisotopic (exact) mass is 553 g/mol. The van der Waals surface area contributed by atoms with Gasteiger partial charge in [0.05, 0.1) is 24.3 Å². The summed E-state index contributed by atoms with van der Waals surface area (Å²) in [5.74, 6) is 0.641. The quantitative estimate of drug-likeness (QED) is 0.385. The van der Waals surface area contributed by atoms with Crippen molar-refractivity contribution in [1.29, 1.82) is 0 Å². The van der Waals surface area contributed by atoms with E-state index in [0.29, 0.717) is 58.4 Å². The second-order valence-corrected chi connectivity index (χ2v) is 12.9. The van der Waals surface area contributed by atoms with E-state index in [9.17, 15) is 9.59 Å². The number of anilines is 1. The SMILES string of the molecule is COc1cccc(C2C3=C(CC(C)(C)CC3=O)N(c3ccc(Cl)c(Cl)c3)C3=C2C(=O)CC(C)(C)C3)c1OC. The van der Waals surface area contributed by atoms with Gasteiger partial charge in [-0.3, -0.25) is 9.59 Å². The number of benzene rings is 2. The van der Waals surface area contributed by atoms with Crippen LogP contribution in [0.1, 0.15) is 64.9 Å². The molecule has 0 amide bonds. The first-order valence-corrected chi connectivity index (χ1v) is 13.6. The molecule has 0 bridgehead atoms. The summed E-state index contributed by atoms with van der Waals surface area (Å²) in [6, 6.07) is 11.2. The standard InChI is InChI=1S/C31H33Cl2NO4/c1-30(2)13-21-27(23(35)15-30)26(18-8-7-9-25(37-5)29(18)38-6)28-22(14-31(3,4)16-24(28)36)34(21)17-10-11-19(32)20(33)12-17/h7-12,26H,13-16H2,1-6H3. The summed E-state index contributed by atoms with van der Waals surface area (Å²) in [5.41, 5.74) is 4.17. The molecule has 0 saturated heterocycles. The molecule has 2 aromatic rings. The van der Waals surface area contributed by atoms with Crippen molar-refractivity contribution in [2.75, 3.05) is 19.1 Å². The van der Waals surface area contributed by atoms with Crippen LogP contribution in [0, 0.1) is 10.8 Å². The van der Waals surface area contributed by atoms with Crippen LogP contribution in [0.15, 0.2) is 58.9 Å². The number of carbonyl (C=O) groups excluding carboxylic acids is 2. The lowest BCUT2D eigenvalue weighted by atomic mass is 9.63. The Labute approximate surface area is 234 Å². The molecule has 38 heavy (non-hydrogen) atoms. The largest absolute Gasteiger partial charge is 0.493 e. The molecule has 0 saturated carbocycles. The first-order valence-electron chi connectivity index (χ1n) is 12.9. The Morgan fingerprint density at radius 2 is 1.37 bits per heavy atom. The van der Waals surface area contributed by atoms with E-state index in [1.165, 1.54) is 0 Å². The third kappa shape index (κ3) is 4.44. The van der Waals surface area contributed by atoms with E-state index in [1.54, 1.807) is 20.3 Å². The van der Waals surface area contributed by atoms with Crippen molar-refractivity contribution in [1.82, 2.24) is 0 Å². The number of rotatable bonds is 4. The van der Waals surface area contributed by atoms with Gasteiger partial charge in [0, 0.05) is 52.6 Å². The lowest BCUT2D eigenvalue weighted by molar-refractivity contribution is -0.119. The number of ether oxygens (including phenoxy) is 2. The highest BCUT2D eigenvalue weighted by Gasteiger charge is 2.50. The second kappa shape index (κ2) is 9.46. The van der Waals surface area contributed by atoms with Crippen LogP contribution in [0.25, 0.3) is 0 Å². The van der Waals surface area contributed by atoms with Gasteiger partial charge in [-0.1, -0.05) is 63.0 Å². The van der Waals surface area contributed by atoms with Gasteiger partial charge in [0.2, 0.25) is 0 Å². The molecule has 1 aliphatic heterocycles. The summed E-state index contributed by atoms with van der Waals surface area (Å²) in [4.78, 5) is 30.2. The molecule has 0 spiro atoms. The summed E-state index contributed by atoms with van der Waals surface area (Å²) in [5, 5.41) is 0.878. The molecule has 0 N–H and O–H groups in total. The zero-order valence-corrected chi connectivity index (χ0v) is 24.2. The van der Waals surface area contributed by atoms with Crippen LogP contribution in [0.5, 0.6) is 11.5 Å². The number of hydrogen-bond acceptors (Lipinski definition) is 5. The molecular weight excluding hydrogens is 521 g/mol. The summed E-state index contributed by atoms with van der Waals surface area (Å²) in [6.45, 7) is 8.46. The summed E-state index contributed by atoms with van der Waals surface area (Å²) in [7, 11) is 3.18. The highest BCUT2D eigenvalue weighted by Crippen LogP contribution is 2.57. The first-order chi connectivity index (χ1) is 17.9. The van der Waals surface area contributed by atoms with Crippen LogP contribution >= 0.6 is 23.2 Å². The van der Waals surface area contributed by atoms with E-state index in [1.807, 2.05) is 30.3 Å². The lowest BCUT2D eigenvalue weighted by Crippen LogP contribution is -2.44. The van der Waals surface area contributed by atoms with Crippen LogP contribution in [0.4, 0.5) is 5.69 Å². The van der Waals surface area contributed by atoms with E-state index >= 15 is 0 Å². The van der Waals surface area contributed by atoms with Gasteiger partial charge < -0.3 is 14.4 Å². The minimum atomic E-state index is -0.545. The predicted octanol–water partition coefficient (Wildman–Crippen LogP) is 7.90. The van der Waals surface area contributed by atoms with Gasteiger partial charge in [-0.25, -0.2) is 0 Å². The van der Waals surface area contributed by atoms with Crippen molar-refractivity contribution >= 4 is 40.5 Å². The van der Waals surface area contributed by atoms with Crippen molar-refractivity contribution in [3.8, 4) is 11.5 Å². The molecular formula is C31H33Cl2NO4. The average Bonchev–Trinajstić information content (AvgIpc) is 2.82. The highest BCUT2D eigenvalue weighted by molar-refractivity contribution is 6.42. The van der Waals surface area contributed by atoms with Gasteiger partial charge in [-0.2, -0.15) is 0 Å². The molecule has 7 heteroatoms. The van der Waals surface area contributed by atoms with Crippen LogP contribution in [0.2, 0.25) is 10.0 Å². The van der Waals surface area contributed by atoms with Gasteiger partial charge in [-0.05, 0) is 47.9 Å². The van der Waals surface area contributed by atoms with Crippen LogP contribution in [-0.4, -0.2) is 25.8 Å². The number of halogens is 2. The van der Waals surface area contributed by atoms with Gasteiger partial charge in [0.1, 0.15) is 0 Å². The van der Waals surface area contributed by atoms with Gasteiger partial charge in [-0.15, -0.1) is 0 Å². The van der Waals surface area contributed by atoms with Crippen molar-refractivity contribution < 1.29 is 19.1 Å². The van der Waals surface area contributed by atoms with Gasteiger partial charge in [0.15, 0.2) is 23.1 Å². The van der Waals surface area contributed by atoms with E-state index < -0.39 is 5.92 Å². The average molecular weight is 555 g/mol. The molecule has 1 heterocycles. The molecule has 0 atom stereocenters. The number of ketones is 2. The van der Waals surface area contributed by atoms with Crippen LogP contribution < -0.4 is 14.4 Å². The highest BCUT2D eigenvalue weighted by atomic mass is 35.5. The van der Waals surface area contributed by atoms with Crippen molar-refractivity contribution in [3.63, 3.8) is 0 Å². The summed E-state index contributed by atoms with van der Waals surface area (Å²) in [6.07, 6.45) is 2.13. The van der Waals surface area contributed by atoms with Gasteiger partial charge in [0.25, 0.3) is 0 Å². The first kappa shape index (κ1) is 26.8. The zero-order chi connectivity index (χ0) is 27.6. The van der Waals surface area contributed by atoms with Crippen LogP contribution in [-0.2, 0) is 9.59 Å². The molecule has 2 aromatic carbocycles. The van der Waals surface area contributed by atoms with Crippen molar-refractivity contribution in [2.24, 2.45) is 10.8 Å². The molecule has 200 valence electrons. The fraction of sp³-hybridized carbons (Fsp3) is 0.419. The maximum Gasteiger partial charge on any atom is 0.164 e. The Morgan fingerprint density at radius 3 is 1.87 bits per heavy atom. The fourth-order valence-corrected chi connectivity index (χ4v) is 6.64. The van der Waals surface area contributed by atoms with E-state index in [-0.39, 0.29) is 22.4 Å². The smallest absolute Gasteiger partial charge is 0.164 e. The number of Topliss-reactive ketones (excluding diaryl/α,β-unsaturated/α-hetero) is 2.